The molecule has 3 heteroatoms. The molecule has 0 saturated carbocycles. The number of ketones is 1. The third kappa shape index (κ3) is 3.39. The molecule has 0 N–H and O–H groups in total. The predicted molar refractivity (Wildman–Crippen MR) is 54.3 cm³/mol. The lowest BCUT2D eigenvalue weighted by atomic mass is 9.98. The first-order valence-corrected chi connectivity index (χ1v) is 5.24. The Morgan fingerprint density at radius 1 is 1.57 bits per heavy atom. The minimum Gasteiger partial charge on any atom is -0.379 e. The van der Waals surface area contributed by atoms with E-state index in [1.54, 1.807) is 7.11 Å². The summed E-state index contributed by atoms with van der Waals surface area (Å²) in [6.07, 6.45) is 3.10. The van der Waals surface area contributed by atoms with Gasteiger partial charge in [-0.1, -0.05) is 0 Å². The lowest BCUT2D eigenvalue weighted by Crippen LogP contribution is -2.26. The van der Waals surface area contributed by atoms with Crippen LogP contribution in [0.5, 0.6) is 0 Å². The molecule has 0 radical (unpaired) electrons. The zero-order valence-electron chi connectivity index (χ0n) is 9.34. The van der Waals surface area contributed by atoms with Gasteiger partial charge >= 0.3 is 0 Å². The minimum atomic E-state index is -0.200. The Hall–Kier alpha value is -0.410. The van der Waals surface area contributed by atoms with Gasteiger partial charge in [0, 0.05) is 20.1 Å². The molecule has 3 nitrogen and oxygen atoms in total. The summed E-state index contributed by atoms with van der Waals surface area (Å²) in [5.41, 5.74) is -0.200. The Labute approximate surface area is 85.8 Å². The maximum absolute atomic E-state index is 11.6. The molecule has 14 heavy (non-hydrogen) atoms. The zero-order chi connectivity index (χ0) is 10.6. The molecule has 0 bridgehead atoms. The summed E-state index contributed by atoms with van der Waals surface area (Å²) in [6.45, 7) is 4.73. The largest absolute Gasteiger partial charge is 0.379 e. The molecule has 0 aromatic carbocycles. The van der Waals surface area contributed by atoms with Crippen molar-refractivity contribution in [3.63, 3.8) is 0 Å². The molecular formula is C11H20O3. The van der Waals surface area contributed by atoms with Gasteiger partial charge in [-0.05, 0) is 33.1 Å². The van der Waals surface area contributed by atoms with Crippen molar-refractivity contribution >= 4 is 5.78 Å². The molecule has 1 aliphatic heterocycles. The molecule has 1 rings (SSSR count). The third-order valence-electron chi connectivity index (χ3n) is 2.81. The first-order chi connectivity index (χ1) is 6.55. The SMILES string of the molecule is COC(C)(C)CCC(=O)C1CCCO1. The van der Waals surface area contributed by atoms with Gasteiger partial charge in [0.05, 0.1) is 5.60 Å². The van der Waals surface area contributed by atoms with Crippen LogP contribution in [0, 0.1) is 0 Å². The van der Waals surface area contributed by atoms with Crippen LogP contribution in [-0.2, 0) is 14.3 Å². The van der Waals surface area contributed by atoms with Crippen LogP contribution >= 0.6 is 0 Å². The maximum atomic E-state index is 11.6. The number of hydrogen-bond acceptors (Lipinski definition) is 3. The second-order valence-corrected chi connectivity index (χ2v) is 4.43. The highest BCUT2D eigenvalue weighted by Gasteiger charge is 2.25. The molecule has 0 aromatic rings. The fraction of sp³-hybridized carbons (Fsp3) is 0.909. The van der Waals surface area contributed by atoms with E-state index in [9.17, 15) is 4.79 Å². The topological polar surface area (TPSA) is 35.5 Å². The normalized spacial score (nSPS) is 22.6. The van der Waals surface area contributed by atoms with E-state index in [4.69, 9.17) is 9.47 Å². The summed E-state index contributed by atoms with van der Waals surface area (Å²) in [7, 11) is 1.68. The van der Waals surface area contributed by atoms with E-state index < -0.39 is 0 Å². The van der Waals surface area contributed by atoms with Crippen LogP contribution in [0.4, 0.5) is 0 Å². The van der Waals surface area contributed by atoms with Crippen LogP contribution in [0.1, 0.15) is 39.5 Å². The predicted octanol–water partition coefficient (Wildman–Crippen LogP) is 1.94. The van der Waals surface area contributed by atoms with Gasteiger partial charge in [0.1, 0.15) is 6.10 Å². The van der Waals surface area contributed by atoms with Crippen molar-refractivity contribution in [2.45, 2.75) is 51.2 Å². The average molecular weight is 200 g/mol. The molecule has 0 aliphatic carbocycles. The highest BCUT2D eigenvalue weighted by atomic mass is 16.5. The molecule has 82 valence electrons. The van der Waals surface area contributed by atoms with E-state index in [-0.39, 0.29) is 17.5 Å². The van der Waals surface area contributed by atoms with Crippen molar-refractivity contribution in [3.8, 4) is 0 Å². The van der Waals surface area contributed by atoms with Gasteiger partial charge < -0.3 is 9.47 Å². The van der Waals surface area contributed by atoms with Crippen LogP contribution in [0.25, 0.3) is 0 Å². The second kappa shape index (κ2) is 4.89. The standard InChI is InChI=1S/C11H20O3/c1-11(2,13-3)7-6-9(12)10-5-4-8-14-10/h10H,4-8H2,1-3H3. The Balaban J connectivity index is 2.27. The van der Waals surface area contributed by atoms with E-state index in [0.717, 1.165) is 25.9 Å². The van der Waals surface area contributed by atoms with Crippen LogP contribution < -0.4 is 0 Å². The molecule has 1 aliphatic rings. The van der Waals surface area contributed by atoms with Crippen molar-refractivity contribution in [1.82, 2.24) is 0 Å². The quantitative estimate of drug-likeness (QED) is 0.680. The molecule has 1 unspecified atom stereocenters. The van der Waals surface area contributed by atoms with Gasteiger partial charge in [-0.25, -0.2) is 0 Å². The van der Waals surface area contributed by atoms with Crippen LogP contribution in [-0.4, -0.2) is 31.2 Å². The third-order valence-corrected chi connectivity index (χ3v) is 2.81. The van der Waals surface area contributed by atoms with Crippen molar-refractivity contribution in [2.24, 2.45) is 0 Å². The first kappa shape index (κ1) is 11.7. The number of rotatable bonds is 5. The number of carbonyl (C=O) groups is 1. The van der Waals surface area contributed by atoms with Gasteiger partial charge in [-0.3, -0.25) is 4.79 Å². The van der Waals surface area contributed by atoms with Crippen LogP contribution in [0.3, 0.4) is 0 Å². The number of methoxy groups -OCH3 is 1. The molecule has 0 amide bonds. The summed E-state index contributed by atoms with van der Waals surface area (Å²) in [4.78, 5) is 11.6. The average Bonchev–Trinajstić information content (AvgIpc) is 2.67. The lowest BCUT2D eigenvalue weighted by Gasteiger charge is -2.22. The molecule has 1 fully saturated rings. The van der Waals surface area contributed by atoms with E-state index in [2.05, 4.69) is 0 Å². The molecule has 1 saturated heterocycles. The highest BCUT2D eigenvalue weighted by Crippen LogP contribution is 2.20. The first-order valence-electron chi connectivity index (χ1n) is 5.24. The van der Waals surface area contributed by atoms with Gasteiger partial charge in [-0.15, -0.1) is 0 Å². The van der Waals surface area contributed by atoms with Gasteiger partial charge in [0.15, 0.2) is 5.78 Å². The molecule has 1 heterocycles. The monoisotopic (exact) mass is 200 g/mol. The van der Waals surface area contributed by atoms with Crippen molar-refractivity contribution < 1.29 is 14.3 Å². The number of carbonyl (C=O) groups excluding carboxylic acids is 1. The van der Waals surface area contributed by atoms with Crippen molar-refractivity contribution in [1.29, 1.82) is 0 Å². The highest BCUT2D eigenvalue weighted by molar-refractivity contribution is 5.83. The summed E-state index contributed by atoms with van der Waals surface area (Å²) in [5.74, 6) is 0.229. The van der Waals surface area contributed by atoms with Gasteiger partial charge in [-0.2, -0.15) is 0 Å². The van der Waals surface area contributed by atoms with Gasteiger partial charge in [0.25, 0.3) is 0 Å². The van der Waals surface area contributed by atoms with E-state index in [1.165, 1.54) is 0 Å². The number of Topliss-reactive ketones (excluding diaryl/α,β-unsaturated/α-hetero) is 1. The summed E-state index contributed by atoms with van der Waals surface area (Å²) in [5, 5.41) is 0. The Morgan fingerprint density at radius 3 is 2.79 bits per heavy atom. The van der Waals surface area contributed by atoms with Gasteiger partial charge in [0.2, 0.25) is 0 Å². The second-order valence-electron chi connectivity index (χ2n) is 4.43. The summed E-state index contributed by atoms with van der Waals surface area (Å²) >= 11 is 0. The van der Waals surface area contributed by atoms with E-state index in [1.807, 2.05) is 13.8 Å². The Morgan fingerprint density at radius 2 is 2.29 bits per heavy atom. The fourth-order valence-electron chi connectivity index (χ4n) is 1.52. The maximum Gasteiger partial charge on any atom is 0.161 e. The minimum absolute atomic E-state index is 0.136. The van der Waals surface area contributed by atoms with Crippen LogP contribution in [0.15, 0.2) is 0 Å². The molecule has 0 spiro atoms. The molecule has 1 atom stereocenters. The van der Waals surface area contributed by atoms with E-state index >= 15 is 0 Å². The molecular weight excluding hydrogens is 180 g/mol. The lowest BCUT2D eigenvalue weighted by molar-refractivity contribution is -0.129. The molecule has 0 aromatic heterocycles. The fourth-order valence-corrected chi connectivity index (χ4v) is 1.52. The number of ether oxygens (including phenoxy) is 2. The zero-order valence-corrected chi connectivity index (χ0v) is 9.34. The Kier molecular flexibility index (Phi) is 4.08. The summed E-state index contributed by atoms with van der Waals surface area (Å²) in [6, 6.07) is 0. The Bertz CT molecular complexity index is 193. The van der Waals surface area contributed by atoms with Crippen molar-refractivity contribution in [3.05, 3.63) is 0 Å². The summed E-state index contributed by atoms with van der Waals surface area (Å²) < 4.78 is 10.6. The van der Waals surface area contributed by atoms with Crippen LogP contribution in [0.2, 0.25) is 0 Å². The van der Waals surface area contributed by atoms with Crippen molar-refractivity contribution in [2.75, 3.05) is 13.7 Å². The number of hydrogen-bond donors (Lipinski definition) is 0. The van der Waals surface area contributed by atoms with E-state index in [0.29, 0.717) is 6.42 Å². The smallest absolute Gasteiger partial charge is 0.161 e.